The Balaban J connectivity index is 1.63. The molecule has 1 aliphatic carbocycles. The van der Waals surface area contributed by atoms with Gasteiger partial charge in [0.1, 0.15) is 23.8 Å². The van der Waals surface area contributed by atoms with Crippen molar-refractivity contribution in [2.24, 2.45) is 0 Å². The molecule has 3 atom stereocenters. The maximum atomic E-state index is 14.5. The summed E-state index contributed by atoms with van der Waals surface area (Å²) < 4.78 is 26.6. The minimum absolute atomic E-state index is 0.0816. The van der Waals surface area contributed by atoms with Crippen molar-refractivity contribution in [2.75, 3.05) is 12.4 Å². The molecular weight excluding hydrogens is 395 g/mol. The Morgan fingerprint density at radius 2 is 1.97 bits per heavy atom. The summed E-state index contributed by atoms with van der Waals surface area (Å²) in [5.41, 5.74) is 0.370. The standard InChI is InChI=1S/C20H25FN4O5/c1-20(2,3)24-18(22-4)11-16(23-24)12-9-15(21)17(10-12)30-19(26)29-14-7-5-13(6-8-14)25(27)28/h5-8,11-12,15,17,22H,9-10H2,1-4H3/t12-,15+,17-/m0/s1. The molecule has 1 saturated carbocycles. The van der Waals surface area contributed by atoms with Gasteiger partial charge >= 0.3 is 6.16 Å². The lowest BCUT2D eigenvalue weighted by Crippen LogP contribution is -2.25. The molecule has 1 heterocycles. The maximum absolute atomic E-state index is 14.5. The lowest BCUT2D eigenvalue weighted by atomic mass is 10.0. The second-order valence-electron chi connectivity index (χ2n) is 8.23. The molecule has 1 aromatic carbocycles. The maximum Gasteiger partial charge on any atom is 0.514 e. The first-order chi connectivity index (χ1) is 14.1. The number of rotatable bonds is 5. The van der Waals surface area contributed by atoms with Crippen molar-refractivity contribution in [2.45, 2.75) is 57.3 Å². The van der Waals surface area contributed by atoms with Gasteiger partial charge < -0.3 is 14.8 Å². The molecule has 0 amide bonds. The van der Waals surface area contributed by atoms with Crippen LogP contribution in [0.3, 0.4) is 0 Å². The van der Waals surface area contributed by atoms with Crippen LogP contribution in [0, 0.1) is 10.1 Å². The summed E-state index contributed by atoms with van der Waals surface area (Å²) in [5, 5.41) is 18.4. The van der Waals surface area contributed by atoms with E-state index in [1.54, 1.807) is 7.05 Å². The molecule has 0 unspecified atom stereocenters. The van der Waals surface area contributed by atoms with Crippen molar-refractivity contribution in [3.63, 3.8) is 0 Å². The predicted octanol–water partition coefficient (Wildman–Crippen LogP) is 4.39. The van der Waals surface area contributed by atoms with Gasteiger partial charge in [0, 0.05) is 31.2 Å². The minimum atomic E-state index is -1.34. The van der Waals surface area contributed by atoms with Gasteiger partial charge in [0.2, 0.25) is 0 Å². The average Bonchev–Trinajstić information content (AvgIpc) is 3.26. The summed E-state index contributed by atoms with van der Waals surface area (Å²) >= 11 is 0. The fourth-order valence-corrected chi connectivity index (χ4v) is 3.48. The highest BCUT2D eigenvalue weighted by Gasteiger charge is 2.40. The number of ether oxygens (including phenoxy) is 2. The molecule has 0 aliphatic heterocycles. The number of carbonyl (C=O) groups excluding carboxylic acids is 1. The molecule has 10 heteroatoms. The van der Waals surface area contributed by atoms with Crippen LogP contribution in [0.2, 0.25) is 0 Å². The van der Waals surface area contributed by atoms with E-state index in [0.29, 0.717) is 6.42 Å². The van der Waals surface area contributed by atoms with Crippen molar-refractivity contribution in [1.82, 2.24) is 9.78 Å². The van der Waals surface area contributed by atoms with Crippen molar-refractivity contribution in [3.8, 4) is 5.75 Å². The topological polar surface area (TPSA) is 109 Å². The van der Waals surface area contributed by atoms with Gasteiger partial charge in [-0.3, -0.25) is 10.1 Å². The summed E-state index contributed by atoms with van der Waals surface area (Å²) in [6, 6.07) is 6.86. The summed E-state index contributed by atoms with van der Waals surface area (Å²) in [6.45, 7) is 6.08. The third-order valence-electron chi connectivity index (χ3n) is 4.96. The van der Waals surface area contributed by atoms with Crippen LogP contribution in [-0.2, 0) is 10.3 Å². The summed E-state index contributed by atoms with van der Waals surface area (Å²) in [4.78, 5) is 22.1. The zero-order valence-electron chi connectivity index (χ0n) is 17.3. The third-order valence-corrected chi connectivity index (χ3v) is 4.96. The number of anilines is 1. The van der Waals surface area contributed by atoms with Crippen LogP contribution < -0.4 is 10.1 Å². The molecule has 1 N–H and O–H groups in total. The number of alkyl halides is 1. The number of hydrogen-bond donors (Lipinski definition) is 1. The molecule has 1 aliphatic rings. The highest BCUT2D eigenvalue weighted by atomic mass is 19.1. The number of benzene rings is 1. The van der Waals surface area contributed by atoms with Crippen molar-refractivity contribution >= 4 is 17.7 Å². The SMILES string of the molecule is CNc1cc([C@H]2C[C@@H](F)[C@@H](OC(=O)Oc3ccc([N+](=O)[O-])cc3)C2)nn1C(C)(C)C. The van der Waals surface area contributed by atoms with Gasteiger partial charge in [0.15, 0.2) is 0 Å². The molecule has 0 spiro atoms. The molecule has 9 nitrogen and oxygen atoms in total. The van der Waals surface area contributed by atoms with Crippen LogP contribution in [0.1, 0.15) is 45.2 Å². The number of hydrogen-bond acceptors (Lipinski definition) is 7. The van der Waals surface area contributed by atoms with E-state index in [-0.39, 0.29) is 29.3 Å². The molecule has 1 aromatic heterocycles. The van der Waals surface area contributed by atoms with Crippen LogP contribution in [0.25, 0.3) is 0 Å². The number of nitrogens with zero attached hydrogens (tertiary/aromatic N) is 3. The number of aromatic nitrogens is 2. The van der Waals surface area contributed by atoms with Gasteiger partial charge in [0.05, 0.1) is 16.2 Å². The van der Waals surface area contributed by atoms with Crippen molar-refractivity contribution < 1.29 is 23.6 Å². The molecule has 2 aromatic rings. The van der Waals surface area contributed by atoms with Crippen molar-refractivity contribution in [1.29, 1.82) is 0 Å². The Labute approximate surface area is 173 Å². The first-order valence-electron chi connectivity index (χ1n) is 9.63. The second-order valence-corrected chi connectivity index (χ2v) is 8.23. The van der Waals surface area contributed by atoms with Crippen LogP contribution in [0.4, 0.5) is 20.7 Å². The van der Waals surface area contributed by atoms with Gasteiger partial charge in [-0.15, -0.1) is 0 Å². The van der Waals surface area contributed by atoms with Crippen molar-refractivity contribution in [3.05, 3.63) is 46.1 Å². The molecule has 0 bridgehead atoms. The van der Waals surface area contributed by atoms with E-state index in [4.69, 9.17) is 9.47 Å². The largest absolute Gasteiger partial charge is 0.514 e. The van der Waals surface area contributed by atoms with E-state index in [0.717, 1.165) is 11.5 Å². The van der Waals surface area contributed by atoms with Crippen LogP contribution in [0.5, 0.6) is 5.75 Å². The number of nitro groups is 1. The molecule has 0 radical (unpaired) electrons. The Morgan fingerprint density at radius 3 is 2.50 bits per heavy atom. The Kier molecular flexibility index (Phi) is 5.95. The van der Waals surface area contributed by atoms with Gasteiger partial charge in [-0.25, -0.2) is 13.9 Å². The quantitative estimate of drug-likeness (QED) is 0.331. The molecule has 30 heavy (non-hydrogen) atoms. The smallest absolute Gasteiger partial charge is 0.428 e. The lowest BCUT2D eigenvalue weighted by molar-refractivity contribution is -0.384. The van der Waals surface area contributed by atoms with E-state index < -0.39 is 23.4 Å². The van der Waals surface area contributed by atoms with Crippen LogP contribution in [-0.4, -0.2) is 40.2 Å². The van der Waals surface area contributed by atoms with E-state index in [2.05, 4.69) is 10.4 Å². The summed E-state index contributed by atoms with van der Waals surface area (Å²) in [6.07, 6.45) is -2.84. The lowest BCUT2D eigenvalue weighted by Gasteiger charge is -2.22. The highest BCUT2D eigenvalue weighted by molar-refractivity contribution is 5.64. The van der Waals surface area contributed by atoms with Gasteiger partial charge in [-0.1, -0.05) is 0 Å². The normalized spacial score (nSPS) is 21.3. The zero-order valence-corrected chi connectivity index (χ0v) is 17.3. The predicted molar refractivity (Wildman–Crippen MR) is 108 cm³/mol. The van der Waals surface area contributed by atoms with Gasteiger partial charge in [0.25, 0.3) is 5.69 Å². The first-order valence-corrected chi connectivity index (χ1v) is 9.63. The summed E-state index contributed by atoms with van der Waals surface area (Å²) in [5.74, 6) is 0.723. The van der Waals surface area contributed by atoms with Gasteiger partial charge in [-0.05, 0) is 45.7 Å². The molecule has 1 fully saturated rings. The van der Waals surface area contributed by atoms with E-state index in [1.165, 1.54) is 24.3 Å². The zero-order chi connectivity index (χ0) is 22.1. The highest BCUT2D eigenvalue weighted by Crippen LogP contribution is 2.39. The van der Waals surface area contributed by atoms with Gasteiger partial charge in [-0.2, -0.15) is 5.10 Å². The Hall–Kier alpha value is -3.17. The van der Waals surface area contributed by atoms with Crippen LogP contribution >= 0.6 is 0 Å². The number of nitro benzene ring substituents is 1. The van der Waals surface area contributed by atoms with E-state index in [1.807, 2.05) is 31.5 Å². The molecule has 0 saturated heterocycles. The van der Waals surface area contributed by atoms with Crippen LogP contribution in [0.15, 0.2) is 30.3 Å². The third kappa shape index (κ3) is 4.69. The van der Waals surface area contributed by atoms with E-state index in [9.17, 15) is 19.3 Å². The fraction of sp³-hybridized carbons (Fsp3) is 0.500. The summed E-state index contributed by atoms with van der Waals surface area (Å²) in [7, 11) is 1.80. The Morgan fingerprint density at radius 1 is 1.30 bits per heavy atom. The monoisotopic (exact) mass is 420 g/mol. The molecular formula is C20H25FN4O5. The fourth-order valence-electron chi connectivity index (χ4n) is 3.48. The molecule has 3 rings (SSSR count). The average molecular weight is 420 g/mol. The number of non-ortho nitro benzene ring substituents is 1. The first kappa shape index (κ1) is 21.5. The number of nitrogens with one attached hydrogen (secondary N) is 1. The second kappa shape index (κ2) is 8.29. The number of halogens is 1. The molecule has 162 valence electrons. The number of carbonyl (C=O) groups is 1. The minimum Gasteiger partial charge on any atom is -0.428 e. The Bertz CT molecular complexity index is 922. The van der Waals surface area contributed by atoms with E-state index >= 15 is 0 Å².